The summed E-state index contributed by atoms with van der Waals surface area (Å²) in [4.78, 5) is 27.6. The highest BCUT2D eigenvalue weighted by molar-refractivity contribution is 8.18. The molecule has 0 spiro atoms. The Labute approximate surface area is 182 Å². The van der Waals surface area contributed by atoms with Crippen LogP contribution in [0.1, 0.15) is 23.8 Å². The monoisotopic (exact) mass is 453 g/mol. The van der Waals surface area contributed by atoms with Crippen molar-refractivity contribution in [1.82, 2.24) is 15.0 Å². The number of rotatable bonds is 4. The standard InChI is InChI=1S/C21H15N3O5S2/c1-2-23-31(27,28)17-7-4-13(5-8-17)3-6-14-11-22-12-15-9-16(29-19(14)15)10-18-20(25)24-21(26)30-18/h4-5,7-12,23H,2H2,1H3,(H,24,25,26). The third kappa shape index (κ3) is 4.54. The van der Waals surface area contributed by atoms with Gasteiger partial charge in [-0.1, -0.05) is 18.8 Å². The number of benzene rings is 1. The van der Waals surface area contributed by atoms with Gasteiger partial charge in [0.2, 0.25) is 10.0 Å². The van der Waals surface area contributed by atoms with Gasteiger partial charge in [-0.15, -0.1) is 0 Å². The summed E-state index contributed by atoms with van der Waals surface area (Å²) in [6.07, 6.45) is 4.66. The Hall–Kier alpha value is -3.39. The fourth-order valence-electron chi connectivity index (χ4n) is 2.82. The molecule has 0 radical (unpaired) electrons. The normalized spacial score (nSPS) is 15.2. The van der Waals surface area contributed by atoms with Crippen molar-refractivity contribution in [2.75, 3.05) is 6.54 Å². The van der Waals surface area contributed by atoms with Crippen LogP contribution in [0.5, 0.6) is 0 Å². The lowest BCUT2D eigenvalue weighted by Crippen LogP contribution is -2.22. The van der Waals surface area contributed by atoms with E-state index in [9.17, 15) is 18.0 Å². The lowest BCUT2D eigenvalue weighted by Gasteiger charge is -2.03. The number of furan rings is 1. The maximum absolute atomic E-state index is 12.0. The van der Waals surface area contributed by atoms with Gasteiger partial charge in [0.15, 0.2) is 5.58 Å². The van der Waals surface area contributed by atoms with Crippen LogP contribution in [0.2, 0.25) is 0 Å². The Bertz CT molecular complexity index is 1390. The zero-order valence-electron chi connectivity index (χ0n) is 16.1. The van der Waals surface area contributed by atoms with Crippen molar-refractivity contribution >= 4 is 50.0 Å². The second kappa shape index (κ2) is 8.39. The van der Waals surface area contributed by atoms with E-state index in [-0.39, 0.29) is 9.80 Å². The molecule has 8 nitrogen and oxygen atoms in total. The van der Waals surface area contributed by atoms with Gasteiger partial charge in [0.1, 0.15) is 5.76 Å². The van der Waals surface area contributed by atoms with Crippen LogP contribution in [0.3, 0.4) is 0 Å². The number of thioether (sulfide) groups is 1. The van der Waals surface area contributed by atoms with Crippen molar-refractivity contribution in [3.05, 3.63) is 64.5 Å². The number of carbonyl (C=O) groups is 2. The first kappa shape index (κ1) is 20.9. The van der Waals surface area contributed by atoms with Gasteiger partial charge in [-0.3, -0.25) is 19.9 Å². The van der Waals surface area contributed by atoms with Crippen LogP contribution in [0, 0.1) is 11.8 Å². The van der Waals surface area contributed by atoms with Crippen LogP contribution in [-0.2, 0) is 14.8 Å². The fourth-order valence-corrected chi connectivity index (χ4v) is 4.53. The third-order valence-corrected chi connectivity index (χ3v) is 6.57. The highest BCUT2D eigenvalue weighted by Crippen LogP contribution is 2.28. The molecule has 2 amide bonds. The molecule has 2 N–H and O–H groups in total. The van der Waals surface area contributed by atoms with E-state index in [0.29, 0.717) is 34.4 Å². The number of nitrogens with zero attached hydrogens (tertiary/aromatic N) is 1. The van der Waals surface area contributed by atoms with E-state index in [1.807, 2.05) is 0 Å². The van der Waals surface area contributed by atoms with Gasteiger partial charge < -0.3 is 4.42 Å². The molecule has 3 aromatic rings. The molecule has 1 saturated heterocycles. The maximum atomic E-state index is 12.0. The van der Waals surface area contributed by atoms with Crippen LogP contribution in [0.25, 0.3) is 17.0 Å². The molecule has 4 rings (SSSR count). The van der Waals surface area contributed by atoms with Gasteiger partial charge in [0.05, 0.1) is 15.4 Å². The second-order valence-electron chi connectivity index (χ2n) is 6.38. The van der Waals surface area contributed by atoms with E-state index in [2.05, 4.69) is 26.9 Å². The molecule has 3 heterocycles. The molecular weight excluding hydrogens is 438 g/mol. The summed E-state index contributed by atoms with van der Waals surface area (Å²) in [5.74, 6) is 5.88. The fraction of sp³-hybridized carbons (Fsp3) is 0.0952. The van der Waals surface area contributed by atoms with Gasteiger partial charge >= 0.3 is 0 Å². The minimum atomic E-state index is -3.52. The Morgan fingerprint density at radius 2 is 1.97 bits per heavy atom. The number of imide groups is 1. The molecule has 1 aliphatic heterocycles. The average molecular weight is 454 g/mol. The first-order chi connectivity index (χ1) is 14.9. The van der Waals surface area contributed by atoms with Crippen molar-refractivity contribution in [2.45, 2.75) is 11.8 Å². The van der Waals surface area contributed by atoms with Crippen molar-refractivity contribution < 1.29 is 22.4 Å². The van der Waals surface area contributed by atoms with Gasteiger partial charge in [0, 0.05) is 36.0 Å². The number of hydrogen-bond donors (Lipinski definition) is 2. The van der Waals surface area contributed by atoms with E-state index in [1.165, 1.54) is 18.2 Å². The summed E-state index contributed by atoms with van der Waals surface area (Å²) in [5.41, 5.74) is 1.65. The molecule has 0 bridgehead atoms. The molecule has 0 saturated carbocycles. The summed E-state index contributed by atoms with van der Waals surface area (Å²) in [6, 6.07) is 7.93. The number of carbonyl (C=O) groups excluding carboxylic acids is 2. The predicted octanol–water partition coefficient (Wildman–Crippen LogP) is 2.85. The van der Waals surface area contributed by atoms with Crippen LogP contribution >= 0.6 is 11.8 Å². The molecule has 1 aromatic carbocycles. The quantitative estimate of drug-likeness (QED) is 0.461. The number of sulfonamides is 1. The molecular formula is C21H15N3O5S2. The zero-order chi connectivity index (χ0) is 22.0. The van der Waals surface area contributed by atoms with E-state index >= 15 is 0 Å². The van der Waals surface area contributed by atoms with Gasteiger partial charge in [-0.25, -0.2) is 13.1 Å². The summed E-state index contributed by atoms with van der Waals surface area (Å²) in [6.45, 7) is 2.02. The summed E-state index contributed by atoms with van der Waals surface area (Å²) in [5, 5.41) is 2.46. The topological polar surface area (TPSA) is 118 Å². The predicted molar refractivity (Wildman–Crippen MR) is 116 cm³/mol. The molecule has 1 aliphatic rings. The minimum absolute atomic E-state index is 0.166. The Balaban J connectivity index is 1.62. The Morgan fingerprint density at radius 3 is 2.65 bits per heavy atom. The molecule has 156 valence electrons. The van der Waals surface area contributed by atoms with Crippen molar-refractivity contribution in [3.63, 3.8) is 0 Å². The number of aromatic nitrogens is 1. The first-order valence-electron chi connectivity index (χ1n) is 9.10. The third-order valence-electron chi connectivity index (χ3n) is 4.20. The van der Waals surface area contributed by atoms with E-state index in [4.69, 9.17) is 4.42 Å². The van der Waals surface area contributed by atoms with E-state index < -0.39 is 21.2 Å². The van der Waals surface area contributed by atoms with Gasteiger partial charge in [0.25, 0.3) is 11.1 Å². The highest BCUT2D eigenvalue weighted by Gasteiger charge is 2.25. The number of amides is 2. The van der Waals surface area contributed by atoms with Gasteiger partial charge in [-0.05, 0) is 42.1 Å². The minimum Gasteiger partial charge on any atom is -0.455 e. The SMILES string of the molecule is CCNS(=O)(=O)c1ccc(C#Cc2cncc3cc(C=C4SC(=O)NC4=O)oc23)cc1. The van der Waals surface area contributed by atoms with E-state index in [0.717, 1.165) is 11.8 Å². The van der Waals surface area contributed by atoms with Crippen LogP contribution < -0.4 is 10.0 Å². The van der Waals surface area contributed by atoms with Crippen molar-refractivity contribution in [1.29, 1.82) is 0 Å². The smallest absolute Gasteiger partial charge is 0.290 e. The molecule has 10 heteroatoms. The molecule has 0 aliphatic carbocycles. The Morgan fingerprint density at radius 1 is 1.19 bits per heavy atom. The lowest BCUT2D eigenvalue weighted by molar-refractivity contribution is -0.115. The number of fused-ring (bicyclic) bond motifs is 1. The van der Waals surface area contributed by atoms with E-state index in [1.54, 1.807) is 37.5 Å². The van der Waals surface area contributed by atoms with Crippen molar-refractivity contribution in [2.24, 2.45) is 0 Å². The molecule has 0 unspecified atom stereocenters. The highest BCUT2D eigenvalue weighted by atomic mass is 32.2. The largest absolute Gasteiger partial charge is 0.455 e. The summed E-state index contributed by atoms with van der Waals surface area (Å²) >= 11 is 0.807. The first-order valence-corrected chi connectivity index (χ1v) is 11.4. The average Bonchev–Trinajstić information content (AvgIpc) is 3.28. The zero-order valence-corrected chi connectivity index (χ0v) is 17.8. The lowest BCUT2D eigenvalue weighted by atomic mass is 10.2. The van der Waals surface area contributed by atoms with Crippen LogP contribution in [-0.4, -0.2) is 31.1 Å². The van der Waals surface area contributed by atoms with Crippen molar-refractivity contribution in [3.8, 4) is 11.8 Å². The number of pyridine rings is 1. The second-order valence-corrected chi connectivity index (χ2v) is 9.16. The Kier molecular flexibility index (Phi) is 5.65. The molecule has 1 fully saturated rings. The van der Waals surface area contributed by atoms with Crippen LogP contribution in [0.4, 0.5) is 4.79 Å². The summed E-state index contributed by atoms with van der Waals surface area (Å²) in [7, 11) is -3.52. The molecule has 2 aromatic heterocycles. The summed E-state index contributed by atoms with van der Waals surface area (Å²) < 4.78 is 32.3. The number of hydrogen-bond acceptors (Lipinski definition) is 7. The number of nitrogens with one attached hydrogen (secondary N) is 2. The maximum Gasteiger partial charge on any atom is 0.290 e. The molecule has 0 atom stereocenters. The van der Waals surface area contributed by atoms with Gasteiger partial charge in [-0.2, -0.15) is 0 Å². The van der Waals surface area contributed by atoms with Crippen LogP contribution in [0.15, 0.2) is 56.9 Å². The molecule has 31 heavy (non-hydrogen) atoms.